The van der Waals surface area contributed by atoms with Crippen molar-refractivity contribution < 1.29 is 18.0 Å². The van der Waals surface area contributed by atoms with Crippen molar-refractivity contribution in [1.29, 1.82) is 0 Å². The highest BCUT2D eigenvalue weighted by molar-refractivity contribution is 7.92. The first-order chi connectivity index (χ1) is 15.9. The van der Waals surface area contributed by atoms with E-state index in [1.807, 2.05) is 71.0 Å². The molecule has 0 heterocycles. The lowest BCUT2D eigenvalue weighted by Gasteiger charge is -2.33. The van der Waals surface area contributed by atoms with Crippen LogP contribution in [-0.4, -0.2) is 56.6 Å². The molecule has 7 nitrogen and oxygen atoms in total. The Bertz CT molecular complexity index is 1080. The number of hydrogen-bond donors (Lipinski definition) is 1. The molecule has 0 saturated heterocycles. The monoisotopic (exact) mass is 487 g/mol. The lowest BCUT2D eigenvalue weighted by molar-refractivity contribution is -0.139. The highest BCUT2D eigenvalue weighted by Crippen LogP contribution is 2.22. The van der Waals surface area contributed by atoms with E-state index >= 15 is 0 Å². The number of carbonyl (C=O) groups excluding carboxylic acids is 2. The average Bonchev–Trinajstić information content (AvgIpc) is 2.76. The molecule has 2 aromatic carbocycles. The van der Waals surface area contributed by atoms with Crippen LogP contribution in [0.1, 0.15) is 43.9 Å². The lowest BCUT2D eigenvalue weighted by Crippen LogP contribution is -2.54. The zero-order valence-corrected chi connectivity index (χ0v) is 21.9. The van der Waals surface area contributed by atoms with Gasteiger partial charge in [0.2, 0.25) is 21.8 Å². The van der Waals surface area contributed by atoms with Gasteiger partial charge in [0, 0.05) is 12.6 Å². The summed E-state index contributed by atoms with van der Waals surface area (Å²) in [6.07, 6.45) is 2.06. The van der Waals surface area contributed by atoms with Gasteiger partial charge in [-0.05, 0) is 69.4 Å². The standard InChI is InChI=1S/C26H37N3O4S/c1-7-24(26(31)27-19(2)3)28(16-15-22-11-9-8-10-12-22)25(30)18-29(34(6,32)33)23-14-13-20(4)21(5)17-23/h8-14,17,19,24H,7,15-16,18H2,1-6H3,(H,27,31). The molecule has 0 fully saturated rings. The van der Waals surface area contributed by atoms with Gasteiger partial charge in [-0.3, -0.25) is 13.9 Å². The molecule has 1 unspecified atom stereocenters. The van der Waals surface area contributed by atoms with E-state index in [1.54, 1.807) is 12.1 Å². The number of nitrogens with one attached hydrogen (secondary N) is 1. The van der Waals surface area contributed by atoms with Crippen molar-refractivity contribution in [2.45, 2.75) is 59.5 Å². The Hall–Kier alpha value is -2.87. The summed E-state index contributed by atoms with van der Waals surface area (Å²) in [6, 6.07) is 14.2. The number of amides is 2. The third kappa shape index (κ3) is 7.58. The van der Waals surface area contributed by atoms with Crippen molar-refractivity contribution >= 4 is 27.5 Å². The molecule has 0 aliphatic carbocycles. The second-order valence-electron chi connectivity index (χ2n) is 8.95. The van der Waals surface area contributed by atoms with Crippen molar-refractivity contribution in [2.24, 2.45) is 0 Å². The summed E-state index contributed by atoms with van der Waals surface area (Å²) in [5.41, 5.74) is 3.43. The molecule has 0 saturated carbocycles. The molecule has 2 rings (SSSR count). The van der Waals surface area contributed by atoms with Crippen LogP contribution in [-0.2, 0) is 26.0 Å². The van der Waals surface area contributed by atoms with Gasteiger partial charge in [0.15, 0.2) is 0 Å². The largest absolute Gasteiger partial charge is 0.352 e. The number of sulfonamides is 1. The molecule has 8 heteroatoms. The summed E-state index contributed by atoms with van der Waals surface area (Å²) in [5, 5.41) is 2.89. The van der Waals surface area contributed by atoms with Crippen LogP contribution in [0.15, 0.2) is 48.5 Å². The average molecular weight is 488 g/mol. The number of anilines is 1. The van der Waals surface area contributed by atoms with E-state index < -0.39 is 22.0 Å². The number of nitrogens with zero attached hydrogens (tertiary/aromatic N) is 2. The SMILES string of the molecule is CCC(C(=O)NC(C)C)N(CCc1ccccc1)C(=O)CN(c1ccc(C)c(C)c1)S(C)(=O)=O. The Morgan fingerprint density at radius 3 is 2.18 bits per heavy atom. The molecule has 2 aromatic rings. The summed E-state index contributed by atoms with van der Waals surface area (Å²) >= 11 is 0. The topological polar surface area (TPSA) is 86.8 Å². The normalized spacial score (nSPS) is 12.3. The minimum atomic E-state index is -3.73. The minimum Gasteiger partial charge on any atom is -0.352 e. The number of aryl methyl sites for hydroxylation is 2. The summed E-state index contributed by atoms with van der Waals surface area (Å²) in [7, 11) is -3.73. The molecular weight excluding hydrogens is 450 g/mol. The summed E-state index contributed by atoms with van der Waals surface area (Å²) in [4.78, 5) is 28.0. The predicted octanol–water partition coefficient (Wildman–Crippen LogP) is 3.44. The van der Waals surface area contributed by atoms with E-state index in [9.17, 15) is 18.0 Å². The second-order valence-corrected chi connectivity index (χ2v) is 10.9. The van der Waals surface area contributed by atoms with Crippen LogP contribution >= 0.6 is 0 Å². The van der Waals surface area contributed by atoms with E-state index in [0.29, 0.717) is 25.1 Å². The van der Waals surface area contributed by atoms with Gasteiger partial charge in [0.25, 0.3) is 0 Å². The molecule has 2 amide bonds. The van der Waals surface area contributed by atoms with Gasteiger partial charge in [0.1, 0.15) is 12.6 Å². The van der Waals surface area contributed by atoms with Crippen molar-refractivity contribution in [2.75, 3.05) is 23.7 Å². The molecule has 0 aliphatic heterocycles. The maximum atomic E-state index is 13.6. The van der Waals surface area contributed by atoms with Crippen LogP contribution in [0.25, 0.3) is 0 Å². The molecule has 0 spiro atoms. The fourth-order valence-electron chi connectivity index (χ4n) is 3.77. The van der Waals surface area contributed by atoms with Crippen LogP contribution in [0.2, 0.25) is 0 Å². The van der Waals surface area contributed by atoms with E-state index in [2.05, 4.69) is 5.32 Å². The number of benzene rings is 2. The van der Waals surface area contributed by atoms with Crippen LogP contribution in [0, 0.1) is 13.8 Å². The molecule has 0 aliphatic rings. The van der Waals surface area contributed by atoms with Gasteiger partial charge in [-0.25, -0.2) is 8.42 Å². The lowest BCUT2D eigenvalue weighted by atomic mass is 10.1. The van der Waals surface area contributed by atoms with Gasteiger partial charge in [-0.15, -0.1) is 0 Å². The van der Waals surface area contributed by atoms with Crippen LogP contribution in [0.3, 0.4) is 0 Å². The quantitative estimate of drug-likeness (QED) is 0.526. The zero-order chi connectivity index (χ0) is 25.5. The van der Waals surface area contributed by atoms with E-state index in [-0.39, 0.29) is 18.5 Å². The predicted molar refractivity (Wildman–Crippen MR) is 137 cm³/mol. The summed E-state index contributed by atoms with van der Waals surface area (Å²) < 4.78 is 26.4. The third-order valence-electron chi connectivity index (χ3n) is 5.76. The smallest absolute Gasteiger partial charge is 0.244 e. The highest BCUT2D eigenvalue weighted by Gasteiger charge is 2.31. The Balaban J connectivity index is 2.38. The van der Waals surface area contributed by atoms with Crippen molar-refractivity contribution in [3.63, 3.8) is 0 Å². The Kier molecular flexibility index (Phi) is 9.67. The Morgan fingerprint density at radius 2 is 1.65 bits per heavy atom. The molecule has 0 radical (unpaired) electrons. The first-order valence-corrected chi connectivity index (χ1v) is 13.5. The van der Waals surface area contributed by atoms with Crippen molar-refractivity contribution in [3.05, 3.63) is 65.2 Å². The van der Waals surface area contributed by atoms with Crippen LogP contribution in [0.5, 0.6) is 0 Å². The van der Waals surface area contributed by atoms with Crippen molar-refractivity contribution in [3.8, 4) is 0 Å². The Morgan fingerprint density at radius 1 is 1.00 bits per heavy atom. The molecule has 34 heavy (non-hydrogen) atoms. The number of rotatable bonds is 11. The van der Waals surface area contributed by atoms with Gasteiger partial charge in [0.05, 0.1) is 11.9 Å². The van der Waals surface area contributed by atoms with Gasteiger partial charge in [-0.1, -0.05) is 43.3 Å². The molecular formula is C26H37N3O4S. The number of carbonyl (C=O) groups is 2. The Labute approximate surface area is 204 Å². The fourth-order valence-corrected chi connectivity index (χ4v) is 4.61. The molecule has 0 bridgehead atoms. The van der Waals surface area contributed by atoms with E-state index in [4.69, 9.17) is 0 Å². The summed E-state index contributed by atoms with van der Waals surface area (Å²) in [6.45, 7) is 9.36. The van der Waals surface area contributed by atoms with E-state index in [1.165, 1.54) is 4.90 Å². The second kappa shape index (κ2) is 12.0. The van der Waals surface area contributed by atoms with Gasteiger partial charge in [-0.2, -0.15) is 0 Å². The number of hydrogen-bond acceptors (Lipinski definition) is 4. The van der Waals surface area contributed by atoms with Gasteiger partial charge >= 0.3 is 0 Å². The maximum Gasteiger partial charge on any atom is 0.244 e. The van der Waals surface area contributed by atoms with Crippen LogP contribution in [0.4, 0.5) is 5.69 Å². The molecule has 0 aromatic heterocycles. The van der Waals surface area contributed by atoms with Gasteiger partial charge < -0.3 is 10.2 Å². The fraction of sp³-hybridized carbons (Fsp3) is 0.462. The van der Waals surface area contributed by atoms with E-state index in [0.717, 1.165) is 27.3 Å². The molecule has 1 atom stereocenters. The van der Waals surface area contributed by atoms with Crippen LogP contribution < -0.4 is 9.62 Å². The zero-order valence-electron chi connectivity index (χ0n) is 21.0. The molecule has 1 N–H and O–H groups in total. The first-order valence-electron chi connectivity index (χ1n) is 11.6. The maximum absolute atomic E-state index is 13.6. The minimum absolute atomic E-state index is 0.0734. The summed E-state index contributed by atoms with van der Waals surface area (Å²) in [5.74, 6) is -0.652. The first kappa shape index (κ1) is 27.4. The van der Waals surface area contributed by atoms with Crippen molar-refractivity contribution in [1.82, 2.24) is 10.2 Å². The highest BCUT2D eigenvalue weighted by atomic mass is 32.2. The molecule has 186 valence electrons. The third-order valence-corrected chi connectivity index (χ3v) is 6.90.